The molecule has 0 unspecified atom stereocenters. The van der Waals surface area contributed by atoms with Gasteiger partial charge in [-0.1, -0.05) is 11.2 Å². The van der Waals surface area contributed by atoms with Crippen molar-refractivity contribution in [1.82, 2.24) is 10.1 Å². The number of hydrogen-bond donors (Lipinski definition) is 0. The molecule has 0 saturated carbocycles. The Morgan fingerprint density at radius 2 is 1.59 bits per heavy atom. The van der Waals surface area contributed by atoms with Gasteiger partial charge in [-0.2, -0.15) is 4.98 Å². The summed E-state index contributed by atoms with van der Waals surface area (Å²) in [7, 11) is 1.63. The van der Waals surface area contributed by atoms with Crippen molar-refractivity contribution in [1.29, 1.82) is 0 Å². The Bertz CT molecular complexity index is 1310. The molecule has 7 heteroatoms. The molecule has 7 nitrogen and oxygen atoms in total. The Morgan fingerprint density at radius 3 is 2.26 bits per heavy atom. The second kappa shape index (κ2) is 9.02. The molecule has 1 aliphatic rings. The van der Waals surface area contributed by atoms with E-state index in [-0.39, 0.29) is 11.8 Å². The number of methoxy groups -OCH3 is 1. The average molecular weight is 456 g/mol. The smallest absolute Gasteiger partial charge is 0.232 e. The van der Waals surface area contributed by atoms with Crippen LogP contribution in [0.25, 0.3) is 11.4 Å². The second-order valence-corrected chi connectivity index (χ2v) is 8.43. The van der Waals surface area contributed by atoms with E-state index >= 15 is 0 Å². The number of nitrogens with zero attached hydrogens (tertiary/aromatic N) is 3. The normalized spacial score (nSPS) is 15.6. The quantitative estimate of drug-likeness (QED) is 0.373. The number of benzene rings is 3. The van der Waals surface area contributed by atoms with Gasteiger partial charge in [-0.25, -0.2) is 0 Å². The van der Waals surface area contributed by atoms with Crippen LogP contribution in [0.15, 0.2) is 71.3 Å². The molecule has 1 atom stereocenters. The van der Waals surface area contributed by atoms with Crippen LogP contribution in [0.4, 0.5) is 5.69 Å². The molecule has 3 aromatic carbocycles. The van der Waals surface area contributed by atoms with Gasteiger partial charge < -0.3 is 18.9 Å². The number of carbonyl (C=O) groups excluding carboxylic acids is 1. The molecule has 2 heterocycles. The molecule has 0 spiro atoms. The summed E-state index contributed by atoms with van der Waals surface area (Å²) in [6.07, 6.45) is 0.350. The van der Waals surface area contributed by atoms with E-state index in [0.29, 0.717) is 30.4 Å². The van der Waals surface area contributed by atoms with E-state index in [2.05, 4.69) is 24.0 Å². The zero-order valence-corrected chi connectivity index (χ0v) is 19.3. The van der Waals surface area contributed by atoms with Crippen molar-refractivity contribution in [3.63, 3.8) is 0 Å². The van der Waals surface area contributed by atoms with Crippen molar-refractivity contribution in [3.8, 4) is 28.6 Å². The lowest BCUT2D eigenvalue weighted by molar-refractivity contribution is -0.117. The Morgan fingerprint density at radius 1 is 0.912 bits per heavy atom. The van der Waals surface area contributed by atoms with E-state index in [9.17, 15) is 4.79 Å². The van der Waals surface area contributed by atoms with Crippen LogP contribution in [0.3, 0.4) is 0 Å². The predicted molar refractivity (Wildman–Crippen MR) is 128 cm³/mol. The minimum atomic E-state index is -0.131. The van der Waals surface area contributed by atoms with Gasteiger partial charge in [0, 0.05) is 24.2 Å². The average Bonchev–Trinajstić information content (AvgIpc) is 3.49. The monoisotopic (exact) mass is 455 g/mol. The topological polar surface area (TPSA) is 77.7 Å². The van der Waals surface area contributed by atoms with Crippen molar-refractivity contribution in [3.05, 3.63) is 83.7 Å². The van der Waals surface area contributed by atoms with E-state index in [0.717, 1.165) is 28.3 Å². The third-order valence-corrected chi connectivity index (χ3v) is 6.13. The Kier molecular flexibility index (Phi) is 5.76. The largest absolute Gasteiger partial charge is 0.497 e. The molecule has 34 heavy (non-hydrogen) atoms. The van der Waals surface area contributed by atoms with Crippen LogP contribution in [0.2, 0.25) is 0 Å². The first-order valence-corrected chi connectivity index (χ1v) is 11.1. The summed E-state index contributed by atoms with van der Waals surface area (Å²) in [5.41, 5.74) is 4.08. The van der Waals surface area contributed by atoms with Crippen molar-refractivity contribution >= 4 is 11.6 Å². The third kappa shape index (κ3) is 4.37. The zero-order valence-electron chi connectivity index (χ0n) is 19.3. The van der Waals surface area contributed by atoms with E-state index in [4.69, 9.17) is 14.0 Å². The molecule has 0 aliphatic carbocycles. The van der Waals surface area contributed by atoms with Crippen LogP contribution in [0.1, 0.15) is 29.4 Å². The van der Waals surface area contributed by atoms with Crippen molar-refractivity contribution in [2.75, 3.05) is 18.6 Å². The maximum Gasteiger partial charge on any atom is 0.232 e. The maximum absolute atomic E-state index is 12.7. The van der Waals surface area contributed by atoms with Gasteiger partial charge in [0.15, 0.2) is 0 Å². The fourth-order valence-electron chi connectivity index (χ4n) is 3.99. The van der Waals surface area contributed by atoms with Crippen LogP contribution >= 0.6 is 0 Å². The van der Waals surface area contributed by atoms with Crippen LogP contribution in [0, 0.1) is 13.8 Å². The molecule has 172 valence electrons. The van der Waals surface area contributed by atoms with Gasteiger partial charge in [0.05, 0.1) is 13.0 Å². The van der Waals surface area contributed by atoms with Crippen molar-refractivity contribution in [2.45, 2.75) is 26.2 Å². The number of ether oxygens (including phenoxy) is 2. The SMILES string of the molecule is COc1ccc(Oc2ccc(-c3noc([C@H]4CC(=O)N(c5ccc(C)c(C)c5)C4)n3)cc2)cc1. The predicted octanol–water partition coefficient (Wildman–Crippen LogP) is 5.67. The highest BCUT2D eigenvalue weighted by Gasteiger charge is 2.35. The number of aromatic nitrogens is 2. The molecular weight excluding hydrogens is 430 g/mol. The van der Waals surface area contributed by atoms with Crippen molar-refractivity contribution < 1.29 is 18.8 Å². The summed E-state index contributed by atoms with van der Waals surface area (Å²) in [6.45, 7) is 4.64. The van der Waals surface area contributed by atoms with E-state index in [1.54, 1.807) is 12.0 Å². The van der Waals surface area contributed by atoms with Crippen LogP contribution < -0.4 is 14.4 Å². The van der Waals surface area contributed by atoms with Crippen LogP contribution in [0.5, 0.6) is 17.2 Å². The molecule has 1 amide bonds. The molecular formula is C27H25N3O4. The van der Waals surface area contributed by atoms with E-state index < -0.39 is 0 Å². The molecule has 1 aliphatic heterocycles. The molecule has 0 radical (unpaired) electrons. The van der Waals surface area contributed by atoms with Gasteiger partial charge in [-0.05, 0) is 85.6 Å². The lowest BCUT2D eigenvalue weighted by Crippen LogP contribution is -2.24. The molecule has 0 N–H and O–H groups in total. The highest BCUT2D eigenvalue weighted by molar-refractivity contribution is 5.96. The van der Waals surface area contributed by atoms with Crippen molar-refractivity contribution in [2.24, 2.45) is 0 Å². The summed E-state index contributed by atoms with van der Waals surface area (Å²) in [4.78, 5) is 19.0. The Hall–Kier alpha value is -4.13. The number of rotatable bonds is 6. The van der Waals surface area contributed by atoms with Gasteiger partial charge in [-0.3, -0.25) is 4.79 Å². The van der Waals surface area contributed by atoms with Crippen LogP contribution in [-0.4, -0.2) is 29.7 Å². The Labute approximate surface area is 197 Å². The van der Waals surface area contributed by atoms with Gasteiger partial charge >= 0.3 is 0 Å². The van der Waals surface area contributed by atoms with Gasteiger partial charge in [0.25, 0.3) is 0 Å². The summed E-state index contributed by atoms with van der Waals surface area (Å²) in [5.74, 6) is 3.09. The first-order chi connectivity index (χ1) is 16.5. The van der Waals surface area contributed by atoms with E-state index in [1.165, 1.54) is 5.56 Å². The number of aryl methyl sites for hydroxylation is 2. The number of hydrogen-bond acceptors (Lipinski definition) is 6. The molecule has 1 aromatic heterocycles. The summed E-state index contributed by atoms with van der Waals surface area (Å²) < 4.78 is 16.6. The van der Waals surface area contributed by atoms with Gasteiger partial charge in [0.2, 0.25) is 17.6 Å². The molecule has 0 bridgehead atoms. The zero-order chi connectivity index (χ0) is 23.7. The molecule has 4 aromatic rings. The highest BCUT2D eigenvalue weighted by atomic mass is 16.5. The standard InChI is InChI=1S/C27H25N3O4/c1-17-4-7-21(14-18(17)2)30-16-20(15-25(30)31)27-28-26(29-34-27)19-5-8-23(9-6-19)33-24-12-10-22(32-3)11-13-24/h4-14,20H,15-16H2,1-3H3/t20-/m0/s1. The van der Waals surface area contributed by atoms with Gasteiger partial charge in [-0.15, -0.1) is 0 Å². The van der Waals surface area contributed by atoms with Crippen LogP contribution in [-0.2, 0) is 4.79 Å². The third-order valence-electron chi connectivity index (χ3n) is 6.13. The Balaban J connectivity index is 1.27. The minimum absolute atomic E-state index is 0.0630. The van der Waals surface area contributed by atoms with E-state index in [1.807, 2.05) is 66.7 Å². The number of carbonyl (C=O) groups is 1. The molecule has 5 rings (SSSR count). The second-order valence-electron chi connectivity index (χ2n) is 8.43. The lowest BCUT2D eigenvalue weighted by Gasteiger charge is -2.17. The minimum Gasteiger partial charge on any atom is -0.497 e. The lowest BCUT2D eigenvalue weighted by atomic mass is 10.1. The highest BCUT2D eigenvalue weighted by Crippen LogP contribution is 2.33. The number of amides is 1. The first-order valence-electron chi connectivity index (χ1n) is 11.1. The number of anilines is 1. The summed E-state index contributed by atoms with van der Waals surface area (Å²) >= 11 is 0. The maximum atomic E-state index is 12.7. The summed E-state index contributed by atoms with van der Waals surface area (Å²) in [5, 5.41) is 4.14. The first kappa shape index (κ1) is 21.7. The fraction of sp³-hybridized carbons (Fsp3) is 0.222. The summed E-state index contributed by atoms with van der Waals surface area (Å²) in [6, 6.07) is 20.9. The molecule has 1 fully saturated rings. The molecule has 1 saturated heterocycles. The fourth-order valence-corrected chi connectivity index (χ4v) is 3.99. The van der Waals surface area contributed by atoms with Gasteiger partial charge in [0.1, 0.15) is 17.2 Å².